The minimum Gasteiger partial charge on any atom is -0.508 e. The lowest BCUT2D eigenvalue weighted by molar-refractivity contribution is -0.137. The SMILES string of the molecule is CC1COc2cc(O)ccc2C1CC(=O)O. The van der Waals surface area contributed by atoms with Crippen LogP contribution in [-0.2, 0) is 4.79 Å². The van der Waals surface area contributed by atoms with E-state index in [4.69, 9.17) is 9.84 Å². The van der Waals surface area contributed by atoms with E-state index >= 15 is 0 Å². The van der Waals surface area contributed by atoms with Gasteiger partial charge >= 0.3 is 5.97 Å². The molecule has 0 radical (unpaired) electrons. The van der Waals surface area contributed by atoms with E-state index in [0.29, 0.717) is 12.4 Å². The van der Waals surface area contributed by atoms with Gasteiger partial charge < -0.3 is 14.9 Å². The van der Waals surface area contributed by atoms with Crippen molar-refractivity contribution in [2.45, 2.75) is 19.3 Å². The van der Waals surface area contributed by atoms with Gasteiger partial charge in [-0.3, -0.25) is 4.79 Å². The highest BCUT2D eigenvalue weighted by Crippen LogP contribution is 2.40. The monoisotopic (exact) mass is 222 g/mol. The Hall–Kier alpha value is -1.71. The van der Waals surface area contributed by atoms with E-state index in [-0.39, 0.29) is 24.0 Å². The maximum absolute atomic E-state index is 10.8. The summed E-state index contributed by atoms with van der Waals surface area (Å²) >= 11 is 0. The van der Waals surface area contributed by atoms with E-state index in [0.717, 1.165) is 5.56 Å². The molecule has 0 amide bonds. The molecule has 2 N–H and O–H groups in total. The molecule has 0 aliphatic carbocycles. The third-order valence-corrected chi connectivity index (χ3v) is 2.98. The smallest absolute Gasteiger partial charge is 0.303 e. The molecule has 1 aliphatic rings. The van der Waals surface area contributed by atoms with E-state index in [2.05, 4.69) is 0 Å². The van der Waals surface area contributed by atoms with E-state index in [1.807, 2.05) is 6.92 Å². The molecule has 2 rings (SSSR count). The van der Waals surface area contributed by atoms with Crippen LogP contribution in [0.15, 0.2) is 18.2 Å². The minimum atomic E-state index is -0.808. The van der Waals surface area contributed by atoms with Gasteiger partial charge in [0.15, 0.2) is 0 Å². The first kappa shape index (κ1) is 10.8. The van der Waals surface area contributed by atoms with E-state index in [9.17, 15) is 9.90 Å². The Morgan fingerprint density at radius 2 is 2.31 bits per heavy atom. The summed E-state index contributed by atoms with van der Waals surface area (Å²) in [6.45, 7) is 2.47. The minimum absolute atomic E-state index is 0.0400. The van der Waals surface area contributed by atoms with Crippen molar-refractivity contribution in [2.24, 2.45) is 5.92 Å². The molecule has 1 aromatic carbocycles. The maximum atomic E-state index is 10.8. The molecular weight excluding hydrogens is 208 g/mol. The van der Waals surface area contributed by atoms with Crippen LogP contribution >= 0.6 is 0 Å². The van der Waals surface area contributed by atoms with Crippen LogP contribution in [0.25, 0.3) is 0 Å². The number of hydrogen-bond acceptors (Lipinski definition) is 3. The number of aliphatic carboxylic acids is 1. The van der Waals surface area contributed by atoms with Crippen LogP contribution in [0.4, 0.5) is 0 Å². The summed E-state index contributed by atoms with van der Waals surface area (Å²) in [5.74, 6) is 0.0690. The Bertz CT molecular complexity index is 413. The predicted octanol–water partition coefficient (Wildman–Crippen LogP) is 1.98. The van der Waals surface area contributed by atoms with Crippen molar-refractivity contribution >= 4 is 5.97 Å². The van der Waals surface area contributed by atoms with Crippen LogP contribution < -0.4 is 4.74 Å². The quantitative estimate of drug-likeness (QED) is 0.802. The highest BCUT2D eigenvalue weighted by atomic mass is 16.5. The van der Waals surface area contributed by atoms with Crippen molar-refractivity contribution in [2.75, 3.05) is 6.61 Å². The van der Waals surface area contributed by atoms with Crippen LogP contribution in [0, 0.1) is 5.92 Å². The molecule has 0 bridgehead atoms. The van der Waals surface area contributed by atoms with Crippen LogP contribution in [-0.4, -0.2) is 22.8 Å². The second-order valence-electron chi connectivity index (χ2n) is 4.21. The van der Waals surface area contributed by atoms with Gasteiger partial charge in [-0.2, -0.15) is 0 Å². The molecule has 1 aromatic rings. The fourth-order valence-electron chi connectivity index (χ4n) is 2.10. The van der Waals surface area contributed by atoms with Crippen molar-refractivity contribution in [1.82, 2.24) is 0 Å². The molecule has 0 saturated carbocycles. The van der Waals surface area contributed by atoms with Crippen LogP contribution in [0.1, 0.15) is 24.8 Å². The Morgan fingerprint density at radius 3 is 3.00 bits per heavy atom. The highest BCUT2D eigenvalue weighted by molar-refractivity contribution is 5.68. The van der Waals surface area contributed by atoms with Gasteiger partial charge in [-0.05, 0) is 17.5 Å². The first-order valence-electron chi connectivity index (χ1n) is 5.25. The highest BCUT2D eigenvalue weighted by Gasteiger charge is 2.29. The van der Waals surface area contributed by atoms with Gasteiger partial charge in [0, 0.05) is 12.0 Å². The number of ether oxygens (including phenoxy) is 1. The molecule has 16 heavy (non-hydrogen) atoms. The summed E-state index contributed by atoms with van der Waals surface area (Å²) < 4.78 is 5.48. The zero-order valence-corrected chi connectivity index (χ0v) is 9.01. The molecule has 4 nitrogen and oxygen atoms in total. The normalized spacial score (nSPS) is 23.3. The third kappa shape index (κ3) is 1.96. The summed E-state index contributed by atoms with van der Waals surface area (Å²) in [5.41, 5.74) is 0.874. The average Bonchev–Trinajstić information content (AvgIpc) is 2.22. The summed E-state index contributed by atoms with van der Waals surface area (Å²) in [7, 11) is 0. The first-order chi connectivity index (χ1) is 7.58. The fraction of sp³-hybridized carbons (Fsp3) is 0.417. The first-order valence-corrected chi connectivity index (χ1v) is 5.25. The molecule has 0 saturated heterocycles. The zero-order valence-electron chi connectivity index (χ0n) is 9.01. The standard InChI is InChI=1S/C12H14O4/c1-7-6-16-11-4-8(13)2-3-9(11)10(7)5-12(14)15/h2-4,7,10,13H,5-6H2,1H3,(H,14,15). The Kier molecular flexibility index (Phi) is 2.73. The van der Waals surface area contributed by atoms with Crippen molar-refractivity contribution in [1.29, 1.82) is 0 Å². The van der Waals surface area contributed by atoms with Gasteiger partial charge in [-0.1, -0.05) is 13.0 Å². The molecular formula is C12H14O4. The average molecular weight is 222 g/mol. The topological polar surface area (TPSA) is 66.8 Å². The molecule has 2 unspecified atom stereocenters. The number of carbonyl (C=O) groups is 1. The van der Waals surface area contributed by atoms with Crippen LogP contribution in [0.3, 0.4) is 0 Å². The lowest BCUT2D eigenvalue weighted by Gasteiger charge is -2.30. The Morgan fingerprint density at radius 1 is 1.56 bits per heavy atom. The number of phenols is 1. The van der Waals surface area contributed by atoms with Gasteiger partial charge in [0.2, 0.25) is 0 Å². The number of fused-ring (bicyclic) bond motifs is 1. The van der Waals surface area contributed by atoms with Crippen molar-refractivity contribution in [3.05, 3.63) is 23.8 Å². The molecule has 1 aliphatic heterocycles. The molecule has 2 atom stereocenters. The van der Waals surface area contributed by atoms with Gasteiger partial charge in [0.1, 0.15) is 11.5 Å². The fourth-order valence-corrected chi connectivity index (χ4v) is 2.10. The lowest BCUT2D eigenvalue weighted by Crippen LogP contribution is -2.25. The van der Waals surface area contributed by atoms with Crippen LogP contribution in [0.2, 0.25) is 0 Å². The van der Waals surface area contributed by atoms with E-state index in [1.54, 1.807) is 12.1 Å². The van der Waals surface area contributed by atoms with Crippen molar-refractivity contribution in [3.8, 4) is 11.5 Å². The molecule has 0 spiro atoms. The zero-order chi connectivity index (χ0) is 11.7. The second kappa shape index (κ2) is 4.04. The predicted molar refractivity (Wildman–Crippen MR) is 57.8 cm³/mol. The summed E-state index contributed by atoms with van der Waals surface area (Å²) in [6.07, 6.45) is 0.0995. The molecule has 4 heteroatoms. The van der Waals surface area contributed by atoms with Gasteiger partial charge in [0.25, 0.3) is 0 Å². The van der Waals surface area contributed by atoms with Gasteiger partial charge in [-0.25, -0.2) is 0 Å². The number of hydrogen-bond donors (Lipinski definition) is 2. The molecule has 0 aromatic heterocycles. The number of carboxylic acid groups (broad SMARTS) is 1. The lowest BCUT2D eigenvalue weighted by atomic mass is 9.83. The number of aromatic hydroxyl groups is 1. The molecule has 86 valence electrons. The maximum Gasteiger partial charge on any atom is 0.303 e. The van der Waals surface area contributed by atoms with Gasteiger partial charge in [0.05, 0.1) is 13.0 Å². The Balaban J connectivity index is 2.36. The number of benzene rings is 1. The summed E-state index contributed by atoms with van der Waals surface area (Å²) in [6, 6.07) is 4.85. The number of phenolic OH excluding ortho intramolecular Hbond substituents is 1. The molecule has 0 fully saturated rings. The summed E-state index contributed by atoms with van der Waals surface area (Å²) in [4.78, 5) is 10.8. The van der Waals surface area contributed by atoms with Crippen LogP contribution in [0.5, 0.6) is 11.5 Å². The van der Waals surface area contributed by atoms with E-state index < -0.39 is 5.97 Å². The van der Waals surface area contributed by atoms with Crippen molar-refractivity contribution < 1.29 is 19.7 Å². The van der Waals surface area contributed by atoms with Crippen molar-refractivity contribution in [3.63, 3.8) is 0 Å². The number of rotatable bonds is 2. The second-order valence-corrected chi connectivity index (χ2v) is 4.21. The molecule has 1 heterocycles. The largest absolute Gasteiger partial charge is 0.508 e. The third-order valence-electron chi connectivity index (χ3n) is 2.98. The Labute approximate surface area is 93.5 Å². The number of carboxylic acids is 1. The van der Waals surface area contributed by atoms with Gasteiger partial charge in [-0.15, -0.1) is 0 Å². The van der Waals surface area contributed by atoms with E-state index in [1.165, 1.54) is 6.07 Å². The summed E-state index contributed by atoms with van der Waals surface area (Å²) in [5, 5.41) is 18.2.